The molecular weight excluding hydrogens is 470 g/mol. The maximum absolute atomic E-state index is 12.6. The summed E-state index contributed by atoms with van der Waals surface area (Å²) in [5.74, 6) is -3.94. The first-order valence-corrected chi connectivity index (χ1v) is 10.1. The third-order valence-corrected chi connectivity index (χ3v) is 6.55. The Kier molecular flexibility index (Phi) is 10.7. The predicted molar refractivity (Wildman–Crippen MR) is 97.1 cm³/mol. The van der Waals surface area contributed by atoms with Gasteiger partial charge in [0, 0.05) is 17.7 Å². The van der Waals surface area contributed by atoms with Gasteiger partial charge in [-0.2, -0.15) is 0 Å². The number of carboxylic acid groups (broad SMARTS) is 2. The van der Waals surface area contributed by atoms with Crippen molar-refractivity contribution in [2.75, 3.05) is 18.9 Å². The molecule has 0 spiro atoms. The average Bonchev–Trinajstić information content (AvgIpc) is 3.22. The number of nitrogens with zero attached hydrogens (tertiary/aromatic N) is 3. The van der Waals surface area contributed by atoms with Crippen LogP contribution in [0.1, 0.15) is 5.69 Å². The minimum Gasteiger partial charge on any atom is -0.549 e. The zero-order valence-corrected chi connectivity index (χ0v) is 22.4. The number of hydrogen-bond acceptors (Lipinski definition) is 11. The maximum Gasteiger partial charge on any atom is 1.00 e. The molecule has 2 amide bonds. The zero-order chi connectivity index (χ0) is 21.2. The molecular formula is C16H14N4Na2O7S2. The summed E-state index contributed by atoms with van der Waals surface area (Å²) in [5, 5.41) is 29.0. The van der Waals surface area contributed by atoms with Crippen LogP contribution in [-0.2, 0) is 24.0 Å². The molecule has 0 bridgehead atoms. The summed E-state index contributed by atoms with van der Waals surface area (Å²) in [5.41, 5.74) is -0.0560. The van der Waals surface area contributed by atoms with E-state index in [4.69, 9.17) is 0 Å². The summed E-state index contributed by atoms with van der Waals surface area (Å²) in [4.78, 5) is 56.8. The number of β-lactam (4-membered cyclic amide) rings is 1. The number of aromatic nitrogens is 1. The molecule has 2 unspecified atom stereocenters. The van der Waals surface area contributed by atoms with E-state index in [-0.39, 0.29) is 82.8 Å². The molecule has 0 aromatic carbocycles. The number of carbonyl (C=O) groups excluding carboxylic acids is 4. The third-order valence-electron chi connectivity index (χ3n) is 4.42. The smallest absolute Gasteiger partial charge is 0.549 e. The molecule has 31 heavy (non-hydrogen) atoms. The largest absolute Gasteiger partial charge is 1.00 e. The number of amides is 2. The minimum atomic E-state index is -1.52. The second kappa shape index (κ2) is 11.8. The molecule has 154 valence electrons. The van der Waals surface area contributed by atoms with Gasteiger partial charge >= 0.3 is 59.1 Å². The number of rotatable bonds is 8. The number of hydrogen-bond donors (Lipinski definition) is 1. The van der Waals surface area contributed by atoms with Crippen molar-refractivity contribution in [3.63, 3.8) is 0 Å². The van der Waals surface area contributed by atoms with E-state index in [1.807, 2.05) is 0 Å². The van der Waals surface area contributed by atoms with E-state index in [2.05, 4.69) is 26.9 Å². The van der Waals surface area contributed by atoms with E-state index in [0.717, 1.165) is 0 Å². The molecule has 15 heteroatoms. The third kappa shape index (κ3) is 5.90. The molecule has 3 atom stereocenters. The molecule has 2 fully saturated rings. The topological polar surface area (TPSA) is 164 Å². The first-order valence-electron chi connectivity index (χ1n) is 8.15. The van der Waals surface area contributed by atoms with Crippen LogP contribution < -0.4 is 74.6 Å². The molecule has 11 nitrogen and oxygen atoms in total. The number of thioether (sulfide) groups is 1. The monoisotopic (exact) mass is 484 g/mol. The molecule has 3 rings (SSSR count). The quantitative estimate of drug-likeness (QED) is 0.124. The fourth-order valence-corrected chi connectivity index (χ4v) is 4.89. The average molecular weight is 484 g/mol. The van der Waals surface area contributed by atoms with Crippen molar-refractivity contribution in [3.05, 3.63) is 29.2 Å². The molecule has 0 aliphatic carbocycles. The Morgan fingerprint density at radius 3 is 2.68 bits per heavy atom. The van der Waals surface area contributed by atoms with Gasteiger partial charge in [-0.25, -0.2) is 4.98 Å². The molecule has 2 aliphatic rings. The summed E-state index contributed by atoms with van der Waals surface area (Å²) < 4.78 is 0. The van der Waals surface area contributed by atoms with Gasteiger partial charge in [-0.05, 0) is 0 Å². The van der Waals surface area contributed by atoms with Crippen molar-refractivity contribution in [2.45, 2.75) is 11.4 Å². The van der Waals surface area contributed by atoms with Gasteiger partial charge in [-0.3, -0.25) is 9.59 Å². The van der Waals surface area contributed by atoms with E-state index >= 15 is 0 Å². The SMILES string of the molecule is C=CC1(C(=O)[O-])CS[C@@H]2C(NC(=O)C(=NOCC(=O)[O-])c3cscn3)C(=O)N2C1.[Na+].[Na+]. The van der Waals surface area contributed by atoms with Gasteiger partial charge in [-0.15, -0.1) is 29.7 Å². The van der Waals surface area contributed by atoms with Crippen LogP contribution in [0.15, 0.2) is 28.7 Å². The Hall–Kier alpha value is -0.930. The van der Waals surface area contributed by atoms with Crippen LogP contribution in [0.3, 0.4) is 0 Å². The maximum atomic E-state index is 12.6. The number of carboxylic acids is 2. The van der Waals surface area contributed by atoms with Crippen LogP contribution >= 0.6 is 23.1 Å². The van der Waals surface area contributed by atoms with Crippen molar-refractivity contribution in [2.24, 2.45) is 10.6 Å². The fourth-order valence-electron chi connectivity index (χ4n) is 2.82. The Balaban J connectivity index is 0.00000240. The van der Waals surface area contributed by atoms with E-state index in [1.165, 1.54) is 45.0 Å². The van der Waals surface area contributed by atoms with Gasteiger partial charge in [0.1, 0.15) is 17.1 Å². The number of oxime groups is 1. The van der Waals surface area contributed by atoms with E-state index in [9.17, 15) is 29.4 Å². The van der Waals surface area contributed by atoms with Crippen LogP contribution in [0.25, 0.3) is 0 Å². The van der Waals surface area contributed by atoms with Gasteiger partial charge < -0.3 is 34.9 Å². The number of carbonyl (C=O) groups is 4. The predicted octanol–water partition coefficient (Wildman–Crippen LogP) is -9.06. The first kappa shape index (κ1) is 28.1. The summed E-state index contributed by atoms with van der Waals surface area (Å²) in [6.45, 7) is 2.57. The summed E-state index contributed by atoms with van der Waals surface area (Å²) in [6.07, 6.45) is 1.26. The van der Waals surface area contributed by atoms with Gasteiger partial charge in [-0.1, -0.05) is 11.2 Å². The van der Waals surface area contributed by atoms with Crippen LogP contribution in [0.5, 0.6) is 0 Å². The van der Waals surface area contributed by atoms with Gasteiger partial charge in [0.2, 0.25) is 5.91 Å². The summed E-state index contributed by atoms with van der Waals surface area (Å²) >= 11 is 2.37. The van der Waals surface area contributed by atoms with Gasteiger partial charge in [0.25, 0.3) is 5.91 Å². The van der Waals surface area contributed by atoms with Crippen molar-refractivity contribution in [3.8, 4) is 0 Å². The second-order valence-electron chi connectivity index (χ2n) is 6.23. The van der Waals surface area contributed by atoms with Crippen molar-refractivity contribution < 1.29 is 93.3 Å². The molecule has 1 N–H and O–H groups in total. The van der Waals surface area contributed by atoms with Gasteiger partial charge in [0.05, 0.1) is 22.9 Å². The molecule has 2 saturated heterocycles. The summed E-state index contributed by atoms with van der Waals surface area (Å²) in [6, 6.07) is -0.901. The van der Waals surface area contributed by atoms with Crippen LogP contribution in [0.4, 0.5) is 0 Å². The molecule has 1 aromatic rings. The van der Waals surface area contributed by atoms with Crippen molar-refractivity contribution in [1.29, 1.82) is 0 Å². The molecule has 2 aliphatic heterocycles. The second-order valence-corrected chi connectivity index (χ2v) is 8.05. The van der Waals surface area contributed by atoms with E-state index in [1.54, 1.807) is 0 Å². The summed E-state index contributed by atoms with van der Waals surface area (Å²) in [7, 11) is 0. The Labute approximate surface area is 229 Å². The van der Waals surface area contributed by atoms with Gasteiger partial charge in [0.15, 0.2) is 12.3 Å². The fraction of sp³-hybridized carbons (Fsp3) is 0.375. The number of thiazole rings is 1. The minimum absolute atomic E-state index is 0. The standard InChI is InChI=1S/C16H16N4O7S2.2Na/c1-2-16(15(25)26)5-20-13(24)11(14(20)29-6-16)18-12(23)10(8-4-28-7-17-8)19-27-3-9(21)22;;/h2,4,7,11,14H,1,3,5-6H2,(H,18,23)(H,21,22)(H,25,26);;/q;2*+1/p-2/t11?,14-,16?;;/m1../s1. The normalized spacial score (nSPS) is 24.5. The molecule has 0 radical (unpaired) electrons. The Morgan fingerprint density at radius 1 is 1.42 bits per heavy atom. The Bertz CT molecular complexity index is 899. The van der Waals surface area contributed by atoms with Crippen molar-refractivity contribution in [1.82, 2.24) is 15.2 Å². The number of fused-ring (bicyclic) bond motifs is 1. The van der Waals surface area contributed by atoms with Crippen LogP contribution in [-0.4, -0.2) is 69.7 Å². The van der Waals surface area contributed by atoms with E-state index in [0.29, 0.717) is 0 Å². The Morgan fingerprint density at radius 2 is 2.13 bits per heavy atom. The van der Waals surface area contributed by atoms with Crippen LogP contribution in [0.2, 0.25) is 0 Å². The van der Waals surface area contributed by atoms with E-state index < -0.39 is 47.2 Å². The zero-order valence-electron chi connectivity index (χ0n) is 16.7. The molecule has 1 aromatic heterocycles. The number of aliphatic carboxylic acids is 2. The molecule has 0 saturated carbocycles. The molecule has 3 heterocycles. The first-order chi connectivity index (χ1) is 13.8. The van der Waals surface area contributed by atoms with Crippen LogP contribution in [0, 0.1) is 5.41 Å². The van der Waals surface area contributed by atoms with Crippen molar-refractivity contribution >= 4 is 52.6 Å². The number of nitrogens with one attached hydrogen (secondary N) is 1.